The first-order chi connectivity index (χ1) is 9.29. The van der Waals surface area contributed by atoms with Crippen LogP contribution in [0.2, 0.25) is 0 Å². The van der Waals surface area contributed by atoms with Gasteiger partial charge in [0.25, 0.3) is 0 Å². The van der Waals surface area contributed by atoms with Crippen LogP contribution in [0.25, 0.3) is 0 Å². The molecule has 19 heavy (non-hydrogen) atoms. The van der Waals surface area contributed by atoms with Crippen molar-refractivity contribution in [3.05, 3.63) is 65.5 Å². The first-order valence-corrected chi connectivity index (χ1v) is 5.90. The van der Waals surface area contributed by atoms with Crippen molar-refractivity contribution in [2.24, 2.45) is 5.16 Å². The van der Waals surface area contributed by atoms with Crippen LogP contribution in [-0.2, 0) is 4.84 Å². The van der Waals surface area contributed by atoms with Crippen LogP contribution in [0.3, 0.4) is 0 Å². The molecule has 0 saturated carbocycles. The molecule has 0 aliphatic carbocycles. The van der Waals surface area contributed by atoms with Gasteiger partial charge in [-0.15, -0.1) is 0 Å². The third kappa shape index (κ3) is 3.68. The Kier molecular flexibility index (Phi) is 4.30. The van der Waals surface area contributed by atoms with Crippen LogP contribution >= 0.6 is 0 Å². The van der Waals surface area contributed by atoms with Crippen LogP contribution in [0.1, 0.15) is 23.6 Å². The molecule has 0 saturated heterocycles. The van der Waals surface area contributed by atoms with Crippen molar-refractivity contribution < 1.29 is 4.84 Å². The van der Waals surface area contributed by atoms with Crippen LogP contribution in [0, 0.1) is 11.8 Å². The van der Waals surface area contributed by atoms with Crippen molar-refractivity contribution in [3.8, 4) is 11.8 Å². The molecule has 0 fully saturated rings. The van der Waals surface area contributed by atoms with Gasteiger partial charge in [0.15, 0.2) is 0 Å². The smallest absolute Gasteiger partial charge is 0.106 e. The summed E-state index contributed by atoms with van der Waals surface area (Å²) in [6.45, 7) is 1.87. The van der Waals surface area contributed by atoms with Gasteiger partial charge in [-0.25, -0.2) is 0 Å². The fourth-order valence-corrected chi connectivity index (χ4v) is 1.56. The van der Waals surface area contributed by atoms with E-state index in [0.717, 1.165) is 22.4 Å². The standard InChI is InChI=1S/C16H14N2O/c1-13(18-19-2)16-10-15(11-17-12-16)9-8-14-6-4-3-5-7-14/h3-7,10-12H,1-2H3. The number of hydrogen-bond acceptors (Lipinski definition) is 3. The van der Waals surface area contributed by atoms with Crippen LogP contribution in [0.4, 0.5) is 0 Å². The molecule has 1 aromatic carbocycles. The summed E-state index contributed by atoms with van der Waals surface area (Å²) in [4.78, 5) is 8.91. The summed E-state index contributed by atoms with van der Waals surface area (Å²) in [6, 6.07) is 11.8. The number of rotatable bonds is 2. The summed E-state index contributed by atoms with van der Waals surface area (Å²) < 4.78 is 0. The third-order valence-electron chi connectivity index (χ3n) is 2.51. The van der Waals surface area contributed by atoms with Crippen LogP contribution < -0.4 is 0 Å². The monoisotopic (exact) mass is 250 g/mol. The molecule has 1 heterocycles. The maximum Gasteiger partial charge on any atom is 0.106 e. The second-order valence-electron chi connectivity index (χ2n) is 3.94. The number of aromatic nitrogens is 1. The number of oxime groups is 1. The van der Waals surface area contributed by atoms with E-state index < -0.39 is 0 Å². The van der Waals surface area contributed by atoms with Crippen molar-refractivity contribution in [1.29, 1.82) is 0 Å². The normalized spacial score (nSPS) is 10.5. The minimum absolute atomic E-state index is 0.776. The summed E-state index contributed by atoms with van der Waals surface area (Å²) in [6.07, 6.45) is 3.48. The van der Waals surface area contributed by atoms with Gasteiger partial charge in [-0.05, 0) is 25.1 Å². The van der Waals surface area contributed by atoms with Crippen molar-refractivity contribution >= 4 is 5.71 Å². The Morgan fingerprint density at radius 2 is 1.84 bits per heavy atom. The highest BCUT2D eigenvalue weighted by molar-refractivity contribution is 5.98. The number of hydrogen-bond donors (Lipinski definition) is 0. The van der Waals surface area contributed by atoms with E-state index in [1.165, 1.54) is 7.11 Å². The van der Waals surface area contributed by atoms with Gasteiger partial charge in [0.05, 0.1) is 5.71 Å². The van der Waals surface area contributed by atoms with Crippen molar-refractivity contribution in [2.45, 2.75) is 6.92 Å². The summed E-state index contributed by atoms with van der Waals surface area (Å²) >= 11 is 0. The highest BCUT2D eigenvalue weighted by atomic mass is 16.6. The fraction of sp³-hybridized carbons (Fsp3) is 0.125. The molecule has 0 spiro atoms. The quantitative estimate of drug-likeness (QED) is 0.466. The Morgan fingerprint density at radius 1 is 1.11 bits per heavy atom. The van der Waals surface area contributed by atoms with E-state index in [2.05, 4.69) is 22.0 Å². The maximum atomic E-state index is 4.75. The Hall–Kier alpha value is -2.60. The van der Waals surface area contributed by atoms with Gasteiger partial charge in [-0.3, -0.25) is 4.98 Å². The van der Waals surface area contributed by atoms with E-state index >= 15 is 0 Å². The van der Waals surface area contributed by atoms with E-state index in [9.17, 15) is 0 Å². The molecule has 1 aromatic heterocycles. The summed E-state index contributed by atoms with van der Waals surface area (Å²) in [5.74, 6) is 6.19. The SMILES string of the molecule is CON=C(C)c1cncc(C#Cc2ccccc2)c1. The topological polar surface area (TPSA) is 34.5 Å². The van der Waals surface area contributed by atoms with E-state index in [1.54, 1.807) is 12.4 Å². The number of benzene rings is 1. The third-order valence-corrected chi connectivity index (χ3v) is 2.51. The zero-order valence-corrected chi connectivity index (χ0v) is 10.9. The molecule has 0 unspecified atom stereocenters. The van der Waals surface area contributed by atoms with Crippen LogP contribution in [0.5, 0.6) is 0 Å². The van der Waals surface area contributed by atoms with Gasteiger partial charge in [0.2, 0.25) is 0 Å². The minimum atomic E-state index is 0.776. The summed E-state index contributed by atoms with van der Waals surface area (Å²) in [5.41, 5.74) is 3.52. The van der Waals surface area contributed by atoms with Gasteiger partial charge in [-0.2, -0.15) is 0 Å². The predicted molar refractivity (Wildman–Crippen MR) is 75.9 cm³/mol. The average Bonchev–Trinajstić information content (AvgIpc) is 2.47. The summed E-state index contributed by atoms with van der Waals surface area (Å²) in [5, 5.41) is 3.88. The lowest BCUT2D eigenvalue weighted by Gasteiger charge is -1.99. The van der Waals surface area contributed by atoms with E-state index in [-0.39, 0.29) is 0 Å². The first-order valence-electron chi connectivity index (χ1n) is 5.90. The Bertz CT molecular complexity index is 637. The molecule has 94 valence electrons. The lowest BCUT2D eigenvalue weighted by Crippen LogP contribution is -1.97. The average molecular weight is 250 g/mol. The molecule has 0 amide bonds. The second-order valence-corrected chi connectivity index (χ2v) is 3.94. The maximum absolute atomic E-state index is 4.75. The van der Waals surface area contributed by atoms with Crippen molar-refractivity contribution in [1.82, 2.24) is 4.98 Å². The van der Waals surface area contributed by atoms with E-state index in [4.69, 9.17) is 4.84 Å². The molecule has 0 bridgehead atoms. The molecule has 0 atom stereocenters. The van der Waals surface area contributed by atoms with Gasteiger partial charge in [0.1, 0.15) is 7.11 Å². The highest BCUT2D eigenvalue weighted by Gasteiger charge is 1.99. The highest BCUT2D eigenvalue weighted by Crippen LogP contribution is 2.04. The lowest BCUT2D eigenvalue weighted by atomic mass is 10.1. The van der Waals surface area contributed by atoms with E-state index in [1.807, 2.05) is 43.3 Å². The molecule has 3 nitrogen and oxygen atoms in total. The van der Waals surface area contributed by atoms with Crippen molar-refractivity contribution in [3.63, 3.8) is 0 Å². The Balaban J connectivity index is 2.26. The zero-order chi connectivity index (χ0) is 13.5. The number of nitrogens with zero attached hydrogens (tertiary/aromatic N) is 2. The largest absolute Gasteiger partial charge is 0.399 e. The molecule has 0 radical (unpaired) electrons. The molecular formula is C16H14N2O. The van der Waals surface area contributed by atoms with Gasteiger partial charge in [-0.1, -0.05) is 35.2 Å². The zero-order valence-electron chi connectivity index (χ0n) is 10.9. The van der Waals surface area contributed by atoms with E-state index in [0.29, 0.717) is 0 Å². The van der Waals surface area contributed by atoms with Gasteiger partial charge >= 0.3 is 0 Å². The van der Waals surface area contributed by atoms with Crippen LogP contribution in [-0.4, -0.2) is 17.8 Å². The molecule has 0 N–H and O–H groups in total. The molecule has 2 aromatic rings. The van der Waals surface area contributed by atoms with Gasteiger partial charge < -0.3 is 4.84 Å². The lowest BCUT2D eigenvalue weighted by molar-refractivity contribution is 0.213. The summed E-state index contributed by atoms with van der Waals surface area (Å²) in [7, 11) is 1.52. The molecule has 3 heteroatoms. The minimum Gasteiger partial charge on any atom is -0.399 e. The predicted octanol–water partition coefficient (Wildman–Crippen LogP) is 2.85. The first kappa shape index (κ1) is 12.8. The number of pyridine rings is 1. The fourth-order valence-electron chi connectivity index (χ4n) is 1.56. The van der Waals surface area contributed by atoms with Gasteiger partial charge in [0, 0.05) is 29.1 Å². The molecule has 0 aliphatic rings. The second kappa shape index (κ2) is 6.36. The molecular weight excluding hydrogens is 236 g/mol. The Morgan fingerprint density at radius 3 is 2.58 bits per heavy atom. The molecule has 0 aliphatic heterocycles. The van der Waals surface area contributed by atoms with Crippen LogP contribution in [0.15, 0.2) is 53.9 Å². The Labute approximate surface area is 112 Å². The molecule has 2 rings (SSSR count). The van der Waals surface area contributed by atoms with Crippen molar-refractivity contribution in [2.75, 3.05) is 7.11 Å².